The Kier molecular flexibility index (Phi) is 7.72. The number of rotatable bonds is 3. The lowest BCUT2D eigenvalue weighted by Crippen LogP contribution is -2.77. The molecule has 3 heterocycles. The third-order valence-electron chi connectivity index (χ3n) is 12.0. The first kappa shape index (κ1) is 34.3. The second kappa shape index (κ2) is 12.4. The number of benzene rings is 7. The molecular weight excluding hydrogens is 702 g/mol. The first-order chi connectivity index (χ1) is 26.5. The molecule has 2 nitrogen and oxygen atoms in total. The Labute approximate surface area is 331 Å². The molecule has 0 saturated carbocycles. The molecule has 0 atom stereocenters. The van der Waals surface area contributed by atoms with E-state index >= 15 is 0 Å². The highest BCUT2D eigenvalue weighted by atomic mass is 32.2. The Morgan fingerprint density at radius 2 is 1.04 bits per heavy atom. The predicted molar refractivity (Wildman–Crippen MR) is 237 cm³/mol. The highest BCUT2D eigenvalue weighted by Gasteiger charge is 2.49. The summed E-state index contributed by atoms with van der Waals surface area (Å²) in [6.45, 7) is 13.9. The van der Waals surface area contributed by atoms with Gasteiger partial charge in [-0.25, -0.2) is 0 Å². The standard InChI is InChI=1S/C50H44BNOSSi/c1-49(2,3)33-25-27-42-38(29-33)51-39-30-34(50(4,5)6)26-28-44(39)54-45-32-35(31-43(53-42)48(45)51)52-40-21-13-15-23-46(40)55(36-17-9-7-10-18-36,37-19-11-8-12-20-37)47-24-16-14-22-41(47)52/h7-32H,1-6H3. The number of anilines is 3. The van der Waals surface area contributed by atoms with Crippen molar-refractivity contribution in [3.63, 3.8) is 0 Å². The third-order valence-corrected chi connectivity index (χ3v) is 18.0. The summed E-state index contributed by atoms with van der Waals surface area (Å²) in [6.07, 6.45) is 0. The van der Waals surface area contributed by atoms with Crippen molar-refractivity contribution in [2.24, 2.45) is 0 Å². The van der Waals surface area contributed by atoms with Crippen LogP contribution < -0.4 is 46.8 Å². The summed E-state index contributed by atoms with van der Waals surface area (Å²) in [5.41, 5.74) is 10.2. The molecule has 0 aromatic heterocycles. The molecule has 3 aliphatic rings. The second-order valence-electron chi connectivity index (χ2n) is 17.3. The molecule has 0 N–H and O–H groups in total. The van der Waals surface area contributed by atoms with E-state index in [-0.39, 0.29) is 17.5 Å². The van der Waals surface area contributed by atoms with Crippen molar-refractivity contribution in [3.05, 3.63) is 169 Å². The van der Waals surface area contributed by atoms with Crippen LogP contribution in [0.25, 0.3) is 0 Å². The van der Waals surface area contributed by atoms with Crippen LogP contribution in [0.3, 0.4) is 0 Å². The minimum atomic E-state index is -2.72. The second-order valence-corrected chi connectivity index (χ2v) is 22.2. The molecule has 7 aromatic carbocycles. The molecule has 268 valence electrons. The molecule has 0 aliphatic carbocycles. The average Bonchev–Trinajstić information content (AvgIpc) is 3.19. The van der Waals surface area contributed by atoms with E-state index in [2.05, 4.69) is 204 Å². The third kappa shape index (κ3) is 5.23. The maximum absolute atomic E-state index is 7.06. The van der Waals surface area contributed by atoms with Crippen LogP contribution in [0, 0.1) is 0 Å². The minimum absolute atomic E-state index is 0.0224. The van der Waals surface area contributed by atoms with Crippen LogP contribution in [0.2, 0.25) is 0 Å². The molecule has 10 rings (SSSR count). The maximum atomic E-state index is 7.06. The summed E-state index contributed by atoms with van der Waals surface area (Å²) in [6, 6.07) is 59.6. The van der Waals surface area contributed by atoms with Crippen molar-refractivity contribution in [3.8, 4) is 11.5 Å². The lowest BCUT2D eigenvalue weighted by atomic mass is 9.35. The molecule has 7 aromatic rings. The zero-order chi connectivity index (χ0) is 37.7. The Balaban J connectivity index is 1.22. The van der Waals surface area contributed by atoms with E-state index in [4.69, 9.17) is 4.74 Å². The van der Waals surface area contributed by atoms with Crippen molar-refractivity contribution in [1.29, 1.82) is 0 Å². The van der Waals surface area contributed by atoms with E-state index in [0.717, 1.165) is 17.2 Å². The van der Waals surface area contributed by atoms with Crippen LogP contribution in [-0.2, 0) is 10.8 Å². The van der Waals surface area contributed by atoms with Crippen LogP contribution in [0.1, 0.15) is 52.7 Å². The zero-order valence-electron chi connectivity index (χ0n) is 32.4. The van der Waals surface area contributed by atoms with Gasteiger partial charge in [0, 0.05) is 27.2 Å². The van der Waals surface area contributed by atoms with Crippen LogP contribution in [-0.4, -0.2) is 14.8 Å². The Morgan fingerprint density at radius 1 is 0.509 bits per heavy atom. The van der Waals surface area contributed by atoms with Gasteiger partial charge in [0.2, 0.25) is 0 Å². The minimum Gasteiger partial charge on any atom is -0.458 e. The molecule has 0 unspecified atom stereocenters. The van der Waals surface area contributed by atoms with E-state index in [0.29, 0.717) is 0 Å². The van der Waals surface area contributed by atoms with Gasteiger partial charge < -0.3 is 9.64 Å². The van der Waals surface area contributed by atoms with Crippen molar-refractivity contribution in [2.75, 3.05) is 4.90 Å². The molecule has 0 amide bonds. The monoisotopic (exact) mass is 745 g/mol. The zero-order valence-corrected chi connectivity index (χ0v) is 34.2. The van der Waals surface area contributed by atoms with Gasteiger partial charge in [-0.3, -0.25) is 0 Å². The van der Waals surface area contributed by atoms with Gasteiger partial charge >= 0.3 is 0 Å². The number of hydrogen-bond donors (Lipinski definition) is 0. The van der Waals surface area contributed by atoms with Gasteiger partial charge in [0.1, 0.15) is 11.5 Å². The Morgan fingerprint density at radius 3 is 1.62 bits per heavy atom. The summed E-state index contributed by atoms with van der Waals surface area (Å²) in [5, 5.41) is 5.56. The number of para-hydroxylation sites is 2. The molecule has 0 bridgehead atoms. The normalized spacial score (nSPS) is 14.9. The number of fused-ring (bicyclic) bond motifs is 6. The SMILES string of the molecule is CC(C)(C)c1ccc2c(c1)B1c3cc(C(C)(C)C)ccc3Sc3cc(N4c5ccccc5[Si](c5ccccc5)(c5ccccc5)c5ccccc54)cc(c31)O2. The van der Waals surface area contributed by atoms with Crippen molar-refractivity contribution in [2.45, 2.75) is 62.2 Å². The van der Waals surface area contributed by atoms with Crippen LogP contribution in [0.5, 0.6) is 11.5 Å². The Bertz CT molecular complexity index is 2470. The molecule has 5 heteroatoms. The first-order valence-corrected chi connectivity index (χ1v) is 22.3. The summed E-state index contributed by atoms with van der Waals surface area (Å²) in [5.74, 6) is 1.90. The molecule has 0 spiro atoms. The van der Waals surface area contributed by atoms with Crippen molar-refractivity contribution < 1.29 is 4.74 Å². The fourth-order valence-corrected chi connectivity index (χ4v) is 15.5. The summed E-state index contributed by atoms with van der Waals surface area (Å²) in [7, 11) is -2.72. The van der Waals surface area contributed by atoms with E-state index in [9.17, 15) is 0 Å². The van der Waals surface area contributed by atoms with E-state index in [1.165, 1.54) is 69.4 Å². The van der Waals surface area contributed by atoms with Gasteiger partial charge in [-0.05, 0) is 84.0 Å². The fourth-order valence-electron chi connectivity index (χ4n) is 9.24. The quantitative estimate of drug-likeness (QED) is 0.168. The van der Waals surface area contributed by atoms with Gasteiger partial charge in [-0.2, -0.15) is 0 Å². The lowest BCUT2D eigenvalue weighted by molar-refractivity contribution is 0.485. The van der Waals surface area contributed by atoms with Gasteiger partial charge in [0.25, 0.3) is 6.71 Å². The number of nitrogens with zero attached hydrogens (tertiary/aromatic N) is 1. The highest BCUT2D eigenvalue weighted by Crippen LogP contribution is 2.45. The Hall–Kier alpha value is -5.23. The van der Waals surface area contributed by atoms with Crippen LogP contribution >= 0.6 is 11.8 Å². The molecule has 0 radical (unpaired) electrons. The first-order valence-electron chi connectivity index (χ1n) is 19.5. The smallest absolute Gasteiger partial charge is 0.253 e. The van der Waals surface area contributed by atoms with Gasteiger partial charge in [0.15, 0.2) is 8.07 Å². The van der Waals surface area contributed by atoms with Gasteiger partial charge in [0.05, 0.1) is 5.69 Å². The van der Waals surface area contributed by atoms with Gasteiger partial charge in [-0.1, -0.05) is 180 Å². The summed E-state index contributed by atoms with van der Waals surface area (Å²) in [4.78, 5) is 5.09. The van der Waals surface area contributed by atoms with Crippen LogP contribution in [0.4, 0.5) is 17.1 Å². The van der Waals surface area contributed by atoms with Crippen LogP contribution in [0.15, 0.2) is 168 Å². The highest BCUT2D eigenvalue weighted by molar-refractivity contribution is 8.00. The number of hydrogen-bond acceptors (Lipinski definition) is 3. The average molecular weight is 746 g/mol. The molecule has 0 fully saturated rings. The largest absolute Gasteiger partial charge is 0.458 e. The molecule has 3 aliphatic heterocycles. The fraction of sp³-hybridized carbons (Fsp3) is 0.160. The van der Waals surface area contributed by atoms with E-state index in [1.54, 1.807) is 0 Å². The predicted octanol–water partition coefficient (Wildman–Crippen LogP) is 8.53. The molecular formula is C50H44BNOSSi. The van der Waals surface area contributed by atoms with E-state index < -0.39 is 8.07 Å². The van der Waals surface area contributed by atoms with Crippen molar-refractivity contribution >= 4 is 80.7 Å². The summed E-state index contributed by atoms with van der Waals surface area (Å²) >= 11 is 1.89. The van der Waals surface area contributed by atoms with E-state index in [1.807, 2.05) is 11.8 Å². The van der Waals surface area contributed by atoms with Crippen molar-refractivity contribution in [1.82, 2.24) is 0 Å². The molecule has 55 heavy (non-hydrogen) atoms. The number of ether oxygens (including phenoxy) is 1. The summed E-state index contributed by atoms with van der Waals surface area (Å²) < 4.78 is 7.06. The van der Waals surface area contributed by atoms with Gasteiger partial charge in [-0.15, -0.1) is 0 Å². The maximum Gasteiger partial charge on any atom is 0.253 e. The lowest BCUT2D eigenvalue weighted by Gasteiger charge is -2.45. The topological polar surface area (TPSA) is 12.5 Å². The molecule has 0 saturated heterocycles.